The molecule has 1 unspecified atom stereocenters. The van der Waals surface area contributed by atoms with E-state index in [-0.39, 0.29) is 79.1 Å². The van der Waals surface area contributed by atoms with Gasteiger partial charge in [-0.1, -0.05) is 243 Å². The Morgan fingerprint density at radius 2 is 0.714 bits per heavy atom. The normalized spacial score (nSPS) is 14.1. The summed E-state index contributed by atoms with van der Waals surface area (Å²) in [5, 5.41) is 15.7. The van der Waals surface area contributed by atoms with Gasteiger partial charge in [-0.3, -0.25) is 43.5 Å². The molecule has 0 aliphatic heterocycles. The number of nitrogens with zero attached hydrogens (tertiary/aromatic N) is 6. The molecule has 7 N–H and O–H groups in total. The Morgan fingerprint density at radius 3 is 0.980 bits per heavy atom. The van der Waals surface area contributed by atoms with Crippen LogP contribution in [0, 0.1) is 40.9 Å². The number of ether oxygens (including phenoxy) is 7. The highest BCUT2D eigenvalue weighted by Crippen LogP contribution is 2.38. The molecule has 10 radical (unpaired) electrons. The Kier molecular flexibility index (Phi) is 56.2. The number of nitrogens with one attached hydrogen (secondary N) is 2. The summed E-state index contributed by atoms with van der Waals surface area (Å²) >= 11 is 0. The van der Waals surface area contributed by atoms with Gasteiger partial charge in [-0.25, -0.2) is 33.6 Å². The van der Waals surface area contributed by atoms with E-state index in [1.54, 1.807) is 183 Å². The summed E-state index contributed by atoms with van der Waals surface area (Å²) in [6, 6.07) is 15.1. The van der Waals surface area contributed by atoms with Gasteiger partial charge >= 0.3 is 48.1 Å². The van der Waals surface area contributed by atoms with Gasteiger partial charge in [0.15, 0.2) is 0 Å². The first-order valence-corrected chi connectivity index (χ1v) is 50.1. The van der Waals surface area contributed by atoms with E-state index in [4.69, 9.17) is 83.3 Å². The van der Waals surface area contributed by atoms with E-state index in [9.17, 15) is 67.4 Å². The van der Waals surface area contributed by atoms with Crippen molar-refractivity contribution < 1.29 is 101 Å². The van der Waals surface area contributed by atoms with Crippen LogP contribution in [0.25, 0.3) is 0 Å². The monoisotopic (exact) mass is 2040 g/mol. The number of benzene rings is 3. The van der Waals surface area contributed by atoms with Crippen LogP contribution < -0.4 is 22.1 Å². The lowest BCUT2D eigenvalue weighted by Gasteiger charge is -2.42. The maximum atomic E-state index is 14.6. The Labute approximate surface area is 889 Å². The van der Waals surface area contributed by atoms with Gasteiger partial charge < -0.3 is 75.1 Å². The van der Waals surface area contributed by atoms with E-state index in [2.05, 4.69) is 17.2 Å². The molecular formula is C108H176B8N10O21. The number of carbonyl (C=O) groups excluding carboxylic acids is 12. The molecule has 0 bridgehead atoms. The molecule has 808 valence electrons. The lowest BCUT2D eigenvalue weighted by molar-refractivity contribution is -0.145. The van der Waals surface area contributed by atoms with Crippen molar-refractivity contribution in [3.05, 3.63) is 148 Å². The molecule has 31 nitrogen and oxygen atoms in total. The minimum atomic E-state index is -1.16. The van der Waals surface area contributed by atoms with Crippen LogP contribution in [0.2, 0.25) is 0 Å². The van der Waals surface area contributed by atoms with Crippen molar-refractivity contribution in [1.82, 2.24) is 40.0 Å². The summed E-state index contributed by atoms with van der Waals surface area (Å²) in [5.41, 5.74) is 11.1. The molecule has 0 aliphatic carbocycles. The standard InChI is InChI=1S/C39H61N3O8.C34H56N4O6.C18H27NO4.C17H32N2O3.B8/c1-16-21-49-30(43)24-27-19-18-20-28(23-27)39(12,13)32(42(15)36(47)50-38(9,10)11)33(44)40-31(37(6,7)8)34(45)41(14)29(25(3)4)22-26(5)35(46)48-17-2;1-15-43-30(41)22(4)19-25(21(2)3)37(13)29(40)26(32(5,6)7)36-28(39)27(38(14)31(42)44-33(8,9)10)34(11,12)23-17-16-18-24(35)20-23;1-12-9-8-10-13(11-12)18(5,6)14(15(20)21)19(7)16(22)23-17(2,3)4;1-9-22-16(21)12(4)10-13(11(2)3)19(8)15(20)14(18)17(5,6)7;1-6(2)8(5)7(3)4/h16,18-20,22-23,25,29,31-32H,1,17,21,24H2,2-15H3,(H,40,44);16-21,25-27H,15,35H2,1-14H3,(H,36,39);8-11,14H,1-7H3,(H,20,21);10-11,13-14H,9,18H2,1-8H3;/b26-22+;22-19+;;12-10+;/t29-,31-,32-;25-,26-,27?;14-;13-,14-;/m1111./s1. The second-order valence-electron chi connectivity index (χ2n) is 46.3. The highest BCUT2D eigenvalue weighted by molar-refractivity contribution is 7.89. The number of hydrogen-bond donors (Lipinski definition) is 5. The molecule has 0 spiro atoms. The smallest absolute Gasteiger partial charge is 0.410 e. The third-order valence-electron chi connectivity index (χ3n) is 24.1. The molecule has 8 amide bonds. The predicted molar refractivity (Wildman–Crippen MR) is 595 cm³/mol. The zero-order chi connectivity index (χ0) is 116. The van der Waals surface area contributed by atoms with Gasteiger partial charge in [0, 0.05) is 139 Å². The number of esters is 4. The molecule has 9 atom stereocenters. The van der Waals surface area contributed by atoms with Gasteiger partial charge in [-0.15, -0.1) is 0 Å². The highest BCUT2D eigenvalue weighted by Gasteiger charge is 2.50. The van der Waals surface area contributed by atoms with Crippen molar-refractivity contribution >= 4 is 141 Å². The van der Waals surface area contributed by atoms with Crippen LogP contribution >= 0.6 is 0 Å². The summed E-state index contributed by atoms with van der Waals surface area (Å²) in [6.45, 7) is 72.1. The number of carboxylic acids is 1. The van der Waals surface area contributed by atoms with Crippen LogP contribution in [-0.4, -0.2) is 310 Å². The highest BCUT2D eigenvalue weighted by atomic mass is 16.6. The van der Waals surface area contributed by atoms with Crippen LogP contribution in [0.5, 0.6) is 0 Å². The number of nitrogens with two attached hydrogens (primary N) is 2. The fourth-order valence-electron chi connectivity index (χ4n) is 15.6. The number of nitrogen functional groups attached to an aromatic ring is 1. The largest absolute Gasteiger partial charge is 0.480 e. The Balaban J connectivity index is 0. The second kappa shape index (κ2) is 59.7. The number of carboxylic acid groups (broad SMARTS) is 1. The molecule has 0 saturated carbocycles. The van der Waals surface area contributed by atoms with Crippen molar-refractivity contribution in [3.63, 3.8) is 0 Å². The average Bonchev–Trinajstić information content (AvgIpc) is 0.776. The Hall–Kier alpha value is -10.6. The van der Waals surface area contributed by atoms with E-state index >= 15 is 0 Å². The summed E-state index contributed by atoms with van der Waals surface area (Å²) in [7, 11) is 35.3. The van der Waals surface area contributed by atoms with Crippen molar-refractivity contribution in [2.75, 3.05) is 74.4 Å². The number of anilines is 1. The lowest BCUT2D eigenvalue weighted by atomic mass is 8.68. The summed E-state index contributed by atoms with van der Waals surface area (Å²) < 4.78 is 37.1. The molecule has 0 heterocycles. The number of amides is 8. The van der Waals surface area contributed by atoms with E-state index in [0.29, 0.717) is 40.1 Å². The molecule has 0 aromatic heterocycles. The minimum absolute atomic E-state index is 0.00453. The van der Waals surface area contributed by atoms with Crippen molar-refractivity contribution in [3.8, 4) is 0 Å². The third-order valence-corrected chi connectivity index (χ3v) is 24.1. The second-order valence-corrected chi connectivity index (χ2v) is 46.3. The summed E-state index contributed by atoms with van der Waals surface area (Å²) in [5.74, 6) is -4.64. The predicted octanol–water partition coefficient (Wildman–Crippen LogP) is 14.2. The van der Waals surface area contributed by atoms with Gasteiger partial charge in [-0.2, -0.15) is 0 Å². The first-order valence-electron chi connectivity index (χ1n) is 50.1. The first kappa shape index (κ1) is 138. The number of carbonyl (C=O) groups is 13. The molecule has 147 heavy (non-hydrogen) atoms. The summed E-state index contributed by atoms with van der Waals surface area (Å²) in [6.07, 6.45) is 2.90. The zero-order valence-electron chi connectivity index (χ0n) is 97.0. The average molecular weight is 2040 g/mol. The van der Waals surface area contributed by atoms with Gasteiger partial charge in [-0.05, 0) is 179 Å². The number of rotatable bonds is 38. The van der Waals surface area contributed by atoms with Crippen molar-refractivity contribution in [1.29, 1.82) is 0 Å². The first-order chi connectivity index (χ1) is 66.7. The number of likely N-dealkylation sites (N-methyl/N-ethyl adjacent to an activating group) is 6. The molecule has 0 fully saturated rings. The van der Waals surface area contributed by atoms with E-state index in [1.807, 2.05) is 195 Å². The number of aliphatic carboxylic acids is 1. The fourth-order valence-corrected chi connectivity index (χ4v) is 15.6. The number of aryl methyl sites for hydroxylation is 1. The maximum absolute atomic E-state index is 14.6. The fraction of sp³-hybridized carbons (Fsp3) is 0.639. The van der Waals surface area contributed by atoms with Gasteiger partial charge in [0.05, 0.1) is 50.4 Å². The minimum Gasteiger partial charge on any atom is -0.480 e. The Bertz CT molecular complexity index is 4930. The Morgan fingerprint density at radius 1 is 0.422 bits per heavy atom. The van der Waals surface area contributed by atoms with Gasteiger partial charge in [0.25, 0.3) is 0 Å². The quantitative estimate of drug-likeness (QED) is 0.00888. The van der Waals surface area contributed by atoms with Crippen molar-refractivity contribution in [2.45, 2.75) is 350 Å². The molecule has 3 aromatic carbocycles. The molecular weight excluding hydrogens is 1860 g/mol. The van der Waals surface area contributed by atoms with Crippen LogP contribution in [-0.2, 0) is 104 Å². The maximum Gasteiger partial charge on any atom is 0.410 e. The van der Waals surface area contributed by atoms with Crippen LogP contribution in [0.1, 0.15) is 277 Å². The van der Waals surface area contributed by atoms with Crippen molar-refractivity contribution in [2.24, 2.45) is 39.7 Å². The summed E-state index contributed by atoms with van der Waals surface area (Å²) in [4.78, 5) is 178. The SMILES string of the molecule is C=CCOC(=O)Cc1cccc(C(C)(C)[C@@H](C(=O)N[C@H](C(=O)N(C)[C@H](/C=C(\C)C(=O)OCC)C(C)C)C(C)(C)C)N(C)C(=O)OC(C)(C)C)c1.CCOC(=O)/C(C)=C/[C@H](C(C)C)N(C)C(=O)[C@@H](N)C(C)(C)C.CCOC(=O)/C(C)=C/[C@H](C(C)C)N(C)C(=O)[C@@H](NC(=O)C(N(C)C(=O)OC(C)(C)C)C(C)(C)c1cccc(N)c1)C(C)(C)C.Cc1cccc(C(C)(C)[C@@H](C(=O)O)N(C)C(=O)OC(C)(C)C)c1.[B]B([B])B([B])B([B])[B]. The van der Waals surface area contributed by atoms with E-state index in [1.165, 1.54) is 41.9 Å². The van der Waals surface area contributed by atoms with Crippen LogP contribution in [0.3, 0.4) is 0 Å². The molecule has 0 saturated heterocycles. The van der Waals surface area contributed by atoms with Crippen LogP contribution in [0.4, 0.5) is 20.1 Å². The molecule has 3 rings (SSSR count). The van der Waals surface area contributed by atoms with E-state index in [0.717, 1.165) is 21.6 Å². The number of hydrogen-bond acceptors (Lipinski definition) is 22. The topological polar surface area (TPSA) is 402 Å². The molecule has 0 aliphatic rings. The van der Waals surface area contributed by atoms with Crippen LogP contribution in [0.15, 0.2) is 120 Å². The molecule has 39 heteroatoms. The molecule has 3 aromatic rings. The zero-order valence-corrected chi connectivity index (χ0v) is 97.0. The third kappa shape index (κ3) is 45.8. The van der Waals surface area contributed by atoms with E-state index < -0.39 is 165 Å². The van der Waals surface area contributed by atoms with Gasteiger partial charge in [0.1, 0.15) is 53.6 Å². The van der Waals surface area contributed by atoms with Gasteiger partial charge in [0.2, 0.25) is 29.5 Å². The lowest BCUT2D eigenvalue weighted by Crippen LogP contribution is -2.63.